The lowest BCUT2D eigenvalue weighted by Gasteiger charge is -2.09. The molecule has 0 aromatic carbocycles. The lowest BCUT2D eigenvalue weighted by molar-refractivity contribution is -0.385. The van der Waals surface area contributed by atoms with Crippen LogP contribution in [-0.4, -0.2) is 22.6 Å². The first-order valence-electron chi connectivity index (χ1n) is 5.77. The molecule has 0 bridgehead atoms. The first-order valence-corrected chi connectivity index (χ1v) is 5.77. The summed E-state index contributed by atoms with van der Waals surface area (Å²) in [6.45, 7) is 7.67. The van der Waals surface area contributed by atoms with Gasteiger partial charge in [-0.15, -0.1) is 0 Å². The fourth-order valence-corrected chi connectivity index (χ4v) is 1.49. The topological polar surface area (TPSA) is 77.2 Å². The van der Waals surface area contributed by atoms with Crippen molar-refractivity contribution in [2.24, 2.45) is 0 Å². The molecule has 0 amide bonds. The number of nitrogens with one attached hydrogen (secondary N) is 1. The smallest absolute Gasteiger partial charge is 0.285 e. The first-order chi connectivity index (χ1) is 8.54. The molecule has 1 rings (SSSR count). The van der Waals surface area contributed by atoms with Crippen molar-refractivity contribution in [3.63, 3.8) is 0 Å². The van der Waals surface area contributed by atoms with Crippen molar-refractivity contribution >= 4 is 5.69 Å². The van der Waals surface area contributed by atoms with Crippen LogP contribution >= 0.6 is 0 Å². The van der Waals surface area contributed by atoms with Gasteiger partial charge in [0.15, 0.2) is 0 Å². The molecule has 0 aliphatic carbocycles. The van der Waals surface area contributed by atoms with E-state index in [-0.39, 0.29) is 17.8 Å². The third-order valence-electron chi connectivity index (χ3n) is 2.37. The fourth-order valence-electron chi connectivity index (χ4n) is 1.49. The lowest BCUT2D eigenvalue weighted by Crippen LogP contribution is -2.24. The van der Waals surface area contributed by atoms with E-state index in [2.05, 4.69) is 18.8 Å². The standard InChI is InChI=1S/C12H17N3O3/c1-3-6-13-7-10(2)8-14-9-11(15(17)18)4-5-12(14)16/h4-5,9,13H,2-3,6-8H2,1H3. The number of nitro groups is 1. The third-order valence-corrected chi connectivity index (χ3v) is 2.37. The Morgan fingerprint density at radius 3 is 2.89 bits per heavy atom. The molecule has 18 heavy (non-hydrogen) atoms. The molecule has 6 nitrogen and oxygen atoms in total. The van der Waals surface area contributed by atoms with Gasteiger partial charge >= 0.3 is 0 Å². The molecule has 1 aromatic heterocycles. The van der Waals surface area contributed by atoms with Crippen LogP contribution in [0.15, 0.2) is 35.3 Å². The fraction of sp³-hybridized carbons (Fsp3) is 0.417. The molecule has 6 heteroatoms. The molecule has 0 unspecified atom stereocenters. The molecule has 0 fully saturated rings. The molecule has 0 saturated heterocycles. The zero-order valence-corrected chi connectivity index (χ0v) is 10.4. The van der Waals surface area contributed by atoms with E-state index in [1.54, 1.807) is 0 Å². The average molecular weight is 251 g/mol. The number of aromatic nitrogens is 1. The maximum atomic E-state index is 11.5. The van der Waals surface area contributed by atoms with Crippen LogP contribution in [0.3, 0.4) is 0 Å². The van der Waals surface area contributed by atoms with Crippen molar-refractivity contribution in [2.75, 3.05) is 13.1 Å². The maximum absolute atomic E-state index is 11.5. The van der Waals surface area contributed by atoms with Gasteiger partial charge in [0, 0.05) is 25.2 Å². The van der Waals surface area contributed by atoms with Crippen molar-refractivity contribution in [1.82, 2.24) is 9.88 Å². The zero-order valence-electron chi connectivity index (χ0n) is 10.4. The van der Waals surface area contributed by atoms with Crippen LogP contribution in [0.2, 0.25) is 0 Å². The van der Waals surface area contributed by atoms with Crippen LogP contribution in [0.5, 0.6) is 0 Å². The van der Waals surface area contributed by atoms with E-state index in [1.807, 2.05) is 0 Å². The summed E-state index contributed by atoms with van der Waals surface area (Å²) in [7, 11) is 0. The highest BCUT2D eigenvalue weighted by Crippen LogP contribution is 2.07. The van der Waals surface area contributed by atoms with Crippen LogP contribution in [-0.2, 0) is 6.54 Å². The number of nitrogens with zero attached hydrogens (tertiary/aromatic N) is 2. The minimum absolute atomic E-state index is 0.0936. The number of hydrogen-bond donors (Lipinski definition) is 1. The van der Waals surface area contributed by atoms with Crippen LogP contribution in [0.1, 0.15) is 13.3 Å². The number of rotatable bonds is 7. The molecule has 98 valence electrons. The Morgan fingerprint density at radius 2 is 2.28 bits per heavy atom. The van der Waals surface area contributed by atoms with Crippen molar-refractivity contribution in [3.05, 3.63) is 50.9 Å². The summed E-state index contributed by atoms with van der Waals surface area (Å²) >= 11 is 0. The van der Waals surface area contributed by atoms with Crippen LogP contribution in [0, 0.1) is 10.1 Å². The van der Waals surface area contributed by atoms with Gasteiger partial charge < -0.3 is 9.88 Å². The third kappa shape index (κ3) is 4.14. The predicted octanol–water partition coefficient (Wildman–Crippen LogP) is 1.31. The van der Waals surface area contributed by atoms with Crippen molar-refractivity contribution in [2.45, 2.75) is 19.9 Å². The van der Waals surface area contributed by atoms with Crippen LogP contribution in [0.4, 0.5) is 5.69 Å². The van der Waals surface area contributed by atoms with Gasteiger partial charge in [0.1, 0.15) is 0 Å². The van der Waals surface area contributed by atoms with E-state index < -0.39 is 4.92 Å². The predicted molar refractivity (Wildman–Crippen MR) is 69.7 cm³/mol. The molecule has 0 aliphatic rings. The van der Waals surface area contributed by atoms with Crippen molar-refractivity contribution in [1.29, 1.82) is 0 Å². The summed E-state index contributed by atoms with van der Waals surface area (Å²) in [6, 6.07) is 2.40. The highest BCUT2D eigenvalue weighted by molar-refractivity contribution is 5.25. The Morgan fingerprint density at radius 1 is 1.56 bits per heavy atom. The molecule has 1 N–H and O–H groups in total. The van der Waals surface area contributed by atoms with E-state index in [4.69, 9.17) is 0 Å². The van der Waals surface area contributed by atoms with E-state index in [0.29, 0.717) is 6.54 Å². The molecule has 1 heterocycles. The Labute approximate surface area is 105 Å². The minimum atomic E-state index is -0.520. The molecular weight excluding hydrogens is 234 g/mol. The number of hydrogen-bond acceptors (Lipinski definition) is 4. The second kappa shape index (κ2) is 6.70. The Hall–Kier alpha value is -1.95. The van der Waals surface area contributed by atoms with Gasteiger partial charge in [-0.2, -0.15) is 0 Å². The zero-order chi connectivity index (χ0) is 13.5. The molecular formula is C12H17N3O3. The quantitative estimate of drug-likeness (QED) is 0.343. The van der Waals surface area contributed by atoms with Gasteiger partial charge in [0.05, 0.1) is 11.1 Å². The van der Waals surface area contributed by atoms with Gasteiger partial charge in [0.25, 0.3) is 11.2 Å². The average Bonchev–Trinajstić information content (AvgIpc) is 2.32. The lowest BCUT2D eigenvalue weighted by atomic mass is 10.3. The Bertz CT molecular complexity index is 494. The van der Waals surface area contributed by atoms with E-state index in [0.717, 1.165) is 18.5 Å². The molecule has 0 saturated carbocycles. The summed E-state index contributed by atoms with van der Waals surface area (Å²) < 4.78 is 1.30. The van der Waals surface area contributed by atoms with Crippen LogP contribution < -0.4 is 10.9 Å². The maximum Gasteiger partial charge on any atom is 0.285 e. The molecule has 0 radical (unpaired) electrons. The van der Waals surface area contributed by atoms with Gasteiger partial charge in [0.2, 0.25) is 0 Å². The second-order valence-corrected chi connectivity index (χ2v) is 4.04. The van der Waals surface area contributed by atoms with E-state index in [9.17, 15) is 14.9 Å². The van der Waals surface area contributed by atoms with Gasteiger partial charge in [-0.1, -0.05) is 13.5 Å². The van der Waals surface area contributed by atoms with E-state index in [1.165, 1.54) is 22.9 Å². The summed E-state index contributed by atoms with van der Waals surface area (Å²) in [5.41, 5.74) is 0.451. The van der Waals surface area contributed by atoms with Crippen molar-refractivity contribution in [3.8, 4) is 0 Å². The molecule has 1 aromatic rings. The second-order valence-electron chi connectivity index (χ2n) is 4.04. The van der Waals surface area contributed by atoms with Crippen molar-refractivity contribution < 1.29 is 4.92 Å². The van der Waals surface area contributed by atoms with Gasteiger partial charge in [-0.25, -0.2) is 0 Å². The van der Waals surface area contributed by atoms with Crippen LogP contribution in [0.25, 0.3) is 0 Å². The summed E-state index contributed by atoms with van der Waals surface area (Å²) in [5, 5.41) is 13.8. The summed E-state index contributed by atoms with van der Waals surface area (Å²) in [4.78, 5) is 21.6. The summed E-state index contributed by atoms with van der Waals surface area (Å²) in [6.07, 6.45) is 2.26. The summed E-state index contributed by atoms with van der Waals surface area (Å²) in [5.74, 6) is 0. The highest BCUT2D eigenvalue weighted by atomic mass is 16.6. The number of pyridine rings is 1. The molecule has 0 atom stereocenters. The molecule has 0 spiro atoms. The minimum Gasteiger partial charge on any atom is -0.313 e. The highest BCUT2D eigenvalue weighted by Gasteiger charge is 2.08. The van der Waals surface area contributed by atoms with Gasteiger partial charge in [-0.3, -0.25) is 14.9 Å². The first kappa shape index (κ1) is 14.1. The Kier molecular flexibility index (Phi) is 5.26. The molecule has 0 aliphatic heterocycles. The monoisotopic (exact) mass is 251 g/mol. The SMILES string of the molecule is C=C(CNCCC)Cn1cc([N+](=O)[O-])ccc1=O. The van der Waals surface area contributed by atoms with E-state index >= 15 is 0 Å². The normalized spacial score (nSPS) is 10.3. The Balaban J connectivity index is 2.71. The van der Waals surface area contributed by atoms with Gasteiger partial charge in [-0.05, 0) is 18.5 Å². The largest absolute Gasteiger partial charge is 0.313 e.